The molecule has 2 rings (SSSR count). The summed E-state index contributed by atoms with van der Waals surface area (Å²) in [6.45, 7) is 3.41. The van der Waals surface area contributed by atoms with E-state index in [-0.39, 0.29) is 17.9 Å². The van der Waals surface area contributed by atoms with Crippen molar-refractivity contribution >= 4 is 11.8 Å². The topological polar surface area (TPSA) is 76.7 Å². The monoisotopic (exact) mass is 334 g/mol. The molecule has 0 bridgehead atoms. The first kappa shape index (κ1) is 18.1. The summed E-state index contributed by atoms with van der Waals surface area (Å²) in [5.41, 5.74) is 0.923. The molecule has 1 atom stereocenters. The number of rotatable bonds is 7. The van der Waals surface area contributed by atoms with Crippen LogP contribution in [0, 0.1) is 0 Å². The third-order valence-corrected chi connectivity index (χ3v) is 4.10. The second-order valence-corrected chi connectivity index (χ2v) is 6.15. The van der Waals surface area contributed by atoms with E-state index >= 15 is 0 Å². The van der Waals surface area contributed by atoms with Gasteiger partial charge in [-0.05, 0) is 50.3 Å². The van der Waals surface area contributed by atoms with Crippen molar-refractivity contribution in [1.29, 1.82) is 0 Å². The summed E-state index contributed by atoms with van der Waals surface area (Å²) in [5.74, 6) is 0.961. The largest absolute Gasteiger partial charge is 0.493 e. The van der Waals surface area contributed by atoms with Crippen molar-refractivity contribution in [3.05, 3.63) is 23.8 Å². The van der Waals surface area contributed by atoms with Gasteiger partial charge in [-0.2, -0.15) is 0 Å². The normalized spacial score (nSPS) is 15.6. The third kappa shape index (κ3) is 5.15. The molecular formula is C18H26N2O4. The van der Waals surface area contributed by atoms with Gasteiger partial charge in [0.05, 0.1) is 13.2 Å². The Hall–Kier alpha value is -2.24. The van der Waals surface area contributed by atoms with E-state index < -0.39 is 6.04 Å². The van der Waals surface area contributed by atoms with Crippen LogP contribution in [0.25, 0.3) is 0 Å². The second kappa shape index (κ2) is 8.57. The fraction of sp³-hybridized carbons (Fsp3) is 0.556. The van der Waals surface area contributed by atoms with Crippen molar-refractivity contribution in [2.45, 2.75) is 58.2 Å². The highest BCUT2D eigenvalue weighted by atomic mass is 16.5. The molecule has 24 heavy (non-hydrogen) atoms. The molecule has 1 aromatic rings. The molecule has 0 heterocycles. The Balaban J connectivity index is 1.97. The molecule has 1 aliphatic carbocycles. The second-order valence-electron chi connectivity index (χ2n) is 6.15. The molecule has 2 amide bonds. The summed E-state index contributed by atoms with van der Waals surface area (Å²) in [5, 5.41) is 5.37. The lowest BCUT2D eigenvalue weighted by Gasteiger charge is -2.17. The molecule has 132 valence electrons. The van der Waals surface area contributed by atoms with Gasteiger partial charge in [-0.1, -0.05) is 6.07 Å². The maximum absolute atomic E-state index is 12.0. The molecule has 6 heteroatoms. The molecule has 0 saturated heterocycles. The number of nitrogens with one attached hydrogen (secondary N) is 2. The van der Waals surface area contributed by atoms with E-state index in [0.29, 0.717) is 18.0 Å². The quantitative estimate of drug-likeness (QED) is 0.801. The van der Waals surface area contributed by atoms with Crippen molar-refractivity contribution in [2.24, 2.45) is 0 Å². The van der Waals surface area contributed by atoms with Gasteiger partial charge in [-0.15, -0.1) is 0 Å². The fourth-order valence-corrected chi connectivity index (χ4v) is 2.82. The molecule has 1 aliphatic rings. The van der Waals surface area contributed by atoms with Crippen LogP contribution in [0.5, 0.6) is 11.5 Å². The summed E-state index contributed by atoms with van der Waals surface area (Å²) in [4.78, 5) is 22.9. The highest BCUT2D eigenvalue weighted by Gasteiger charge is 2.19. The number of ether oxygens (including phenoxy) is 2. The van der Waals surface area contributed by atoms with E-state index in [2.05, 4.69) is 10.6 Å². The first-order chi connectivity index (χ1) is 11.5. The highest BCUT2D eigenvalue weighted by Crippen LogP contribution is 2.32. The van der Waals surface area contributed by atoms with Crippen LogP contribution < -0.4 is 20.1 Å². The average Bonchev–Trinajstić information content (AvgIpc) is 3.05. The lowest BCUT2D eigenvalue weighted by atomic mass is 10.2. The van der Waals surface area contributed by atoms with Crippen molar-refractivity contribution < 1.29 is 19.1 Å². The lowest BCUT2D eigenvalue weighted by molar-refractivity contribution is -0.127. The zero-order chi connectivity index (χ0) is 17.5. The number of hydrogen-bond acceptors (Lipinski definition) is 4. The SMILES string of the molecule is COc1ccc(CNC(=O)[C@@H](C)NC(C)=O)cc1OC1CCCC1. The zero-order valence-electron chi connectivity index (χ0n) is 14.6. The minimum Gasteiger partial charge on any atom is -0.493 e. The van der Waals surface area contributed by atoms with E-state index in [1.807, 2.05) is 18.2 Å². The van der Waals surface area contributed by atoms with E-state index in [0.717, 1.165) is 18.4 Å². The molecule has 1 saturated carbocycles. The number of hydrogen-bond donors (Lipinski definition) is 2. The van der Waals surface area contributed by atoms with Crippen LogP contribution in [0.1, 0.15) is 45.1 Å². The van der Waals surface area contributed by atoms with Gasteiger partial charge >= 0.3 is 0 Å². The van der Waals surface area contributed by atoms with Gasteiger partial charge in [0.15, 0.2) is 11.5 Å². The van der Waals surface area contributed by atoms with Crippen LogP contribution in [0.4, 0.5) is 0 Å². The first-order valence-electron chi connectivity index (χ1n) is 8.38. The summed E-state index contributed by atoms with van der Waals surface area (Å²) < 4.78 is 11.4. The molecule has 6 nitrogen and oxygen atoms in total. The Morgan fingerprint density at radius 1 is 1.25 bits per heavy atom. The molecule has 0 spiro atoms. The van der Waals surface area contributed by atoms with Crippen LogP contribution in [0.2, 0.25) is 0 Å². The van der Waals surface area contributed by atoms with Crippen molar-refractivity contribution in [3.63, 3.8) is 0 Å². The van der Waals surface area contributed by atoms with Gasteiger partial charge in [0, 0.05) is 13.5 Å². The smallest absolute Gasteiger partial charge is 0.242 e. The van der Waals surface area contributed by atoms with Crippen molar-refractivity contribution in [3.8, 4) is 11.5 Å². The minimum atomic E-state index is -0.560. The predicted molar refractivity (Wildman–Crippen MR) is 91.0 cm³/mol. The highest BCUT2D eigenvalue weighted by molar-refractivity contribution is 5.86. The van der Waals surface area contributed by atoms with Gasteiger partial charge in [0.1, 0.15) is 6.04 Å². The van der Waals surface area contributed by atoms with E-state index in [1.165, 1.54) is 19.8 Å². The molecule has 0 radical (unpaired) electrons. The van der Waals surface area contributed by atoms with Gasteiger partial charge in [0.25, 0.3) is 0 Å². The maximum Gasteiger partial charge on any atom is 0.242 e. The summed E-state index contributed by atoms with van der Waals surface area (Å²) in [6.07, 6.45) is 4.77. The van der Waals surface area contributed by atoms with Crippen LogP contribution in [0.15, 0.2) is 18.2 Å². The van der Waals surface area contributed by atoms with Crippen LogP contribution in [-0.2, 0) is 16.1 Å². The first-order valence-corrected chi connectivity index (χ1v) is 8.38. The van der Waals surface area contributed by atoms with Crippen LogP contribution in [-0.4, -0.2) is 31.1 Å². The molecular weight excluding hydrogens is 308 g/mol. The van der Waals surface area contributed by atoms with Gasteiger partial charge in [0.2, 0.25) is 11.8 Å². The average molecular weight is 334 g/mol. The van der Waals surface area contributed by atoms with Crippen LogP contribution >= 0.6 is 0 Å². The third-order valence-electron chi connectivity index (χ3n) is 4.10. The lowest BCUT2D eigenvalue weighted by Crippen LogP contribution is -2.43. The number of carbonyl (C=O) groups is 2. The molecule has 1 aromatic carbocycles. The summed E-state index contributed by atoms with van der Waals surface area (Å²) >= 11 is 0. The van der Waals surface area contributed by atoms with Gasteiger partial charge in [-0.3, -0.25) is 9.59 Å². The Morgan fingerprint density at radius 3 is 2.58 bits per heavy atom. The molecule has 1 fully saturated rings. The molecule has 2 N–H and O–H groups in total. The fourth-order valence-electron chi connectivity index (χ4n) is 2.82. The van der Waals surface area contributed by atoms with Crippen molar-refractivity contribution in [2.75, 3.05) is 7.11 Å². The Labute approximate surface area is 142 Å². The molecule has 0 aliphatic heterocycles. The van der Waals surface area contributed by atoms with Crippen molar-refractivity contribution in [1.82, 2.24) is 10.6 Å². The van der Waals surface area contributed by atoms with Gasteiger partial charge in [-0.25, -0.2) is 0 Å². The van der Waals surface area contributed by atoms with E-state index in [4.69, 9.17) is 9.47 Å². The standard InChI is InChI=1S/C18H26N2O4/c1-12(20-13(2)21)18(22)19-11-14-8-9-16(23-3)17(10-14)24-15-6-4-5-7-15/h8-10,12,15H,4-7,11H2,1-3H3,(H,19,22)(H,20,21)/t12-/m1/s1. The zero-order valence-corrected chi connectivity index (χ0v) is 14.6. The number of amides is 2. The Morgan fingerprint density at radius 2 is 1.96 bits per heavy atom. The maximum atomic E-state index is 12.0. The number of benzene rings is 1. The minimum absolute atomic E-state index is 0.223. The van der Waals surface area contributed by atoms with E-state index in [1.54, 1.807) is 14.0 Å². The Bertz CT molecular complexity index is 582. The Kier molecular flexibility index (Phi) is 6.46. The summed E-state index contributed by atoms with van der Waals surface area (Å²) in [6, 6.07) is 5.09. The molecule has 0 aromatic heterocycles. The predicted octanol–water partition coefficient (Wildman–Crippen LogP) is 2.16. The molecule has 0 unspecified atom stereocenters. The van der Waals surface area contributed by atoms with E-state index in [9.17, 15) is 9.59 Å². The van der Waals surface area contributed by atoms with Gasteiger partial charge < -0.3 is 20.1 Å². The van der Waals surface area contributed by atoms with Crippen LogP contribution in [0.3, 0.4) is 0 Å². The number of methoxy groups -OCH3 is 1. The summed E-state index contributed by atoms with van der Waals surface area (Å²) in [7, 11) is 1.62. The number of carbonyl (C=O) groups excluding carboxylic acids is 2.